The number of halogens is 1. The lowest BCUT2D eigenvalue weighted by molar-refractivity contribution is -0.131. The van der Waals surface area contributed by atoms with Crippen molar-refractivity contribution >= 4 is 28.4 Å². The summed E-state index contributed by atoms with van der Waals surface area (Å²) in [4.78, 5) is 31.8. The van der Waals surface area contributed by atoms with Gasteiger partial charge in [-0.2, -0.15) is 5.26 Å². The average molecular weight is 450 g/mol. The normalized spacial score (nSPS) is 14.3. The van der Waals surface area contributed by atoms with Gasteiger partial charge in [0.15, 0.2) is 0 Å². The number of nitrogens with one attached hydrogen (secondary N) is 1. The van der Waals surface area contributed by atoms with E-state index in [2.05, 4.69) is 16.4 Å². The molecule has 1 amide bonds. The van der Waals surface area contributed by atoms with Crippen LogP contribution in [-0.2, 0) is 17.9 Å². The fourth-order valence-corrected chi connectivity index (χ4v) is 4.32. The summed E-state index contributed by atoms with van der Waals surface area (Å²) in [6, 6.07) is 13.0. The summed E-state index contributed by atoms with van der Waals surface area (Å²) in [7, 11) is 1.67. The standard InChI is InChI=1S/C24H24ClN5O2/c1-29(13-16-2-3-19(12-26)21(25)10-16)23(31)14-30-15-28-22-5-4-18(11-20(22)24(30)32)17-6-8-27-9-7-17/h2-5,10-11,15,17,27H,6-9,13-14H2,1H3. The molecule has 0 spiro atoms. The summed E-state index contributed by atoms with van der Waals surface area (Å²) < 4.78 is 1.36. The van der Waals surface area contributed by atoms with Crippen molar-refractivity contribution < 1.29 is 4.79 Å². The number of hydrogen-bond acceptors (Lipinski definition) is 5. The van der Waals surface area contributed by atoms with Crippen LogP contribution in [0.3, 0.4) is 0 Å². The third-order valence-electron chi connectivity index (χ3n) is 5.96. The van der Waals surface area contributed by atoms with Gasteiger partial charge in [0.2, 0.25) is 5.91 Å². The minimum Gasteiger partial charge on any atom is -0.340 e. The number of amides is 1. The van der Waals surface area contributed by atoms with Crippen molar-refractivity contribution in [3.8, 4) is 6.07 Å². The molecule has 4 rings (SSSR count). The molecule has 32 heavy (non-hydrogen) atoms. The Morgan fingerprint density at radius 1 is 1.28 bits per heavy atom. The summed E-state index contributed by atoms with van der Waals surface area (Å²) in [6.07, 6.45) is 3.52. The first kappa shape index (κ1) is 22.0. The molecule has 1 aliphatic heterocycles. The summed E-state index contributed by atoms with van der Waals surface area (Å²) >= 11 is 6.08. The number of benzene rings is 2. The van der Waals surface area contributed by atoms with Crippen molar-refractivity contribution in [3.63, 3.8) is 0 Å². The van der Waals surface area contributed by atoms with Gasteiger partial charge in [-0.3, -0.25) is 14.2 Å². The topological polar surface area (TPSA) is 91.0 Å². The van der Waals surface area contributed by atoms with E-state index in [1.54, 1.807) is 25.2 Å². The molecule has 7 nitrogen and oxygen atoms in total. The highest BCUT2D eigenvalue weighted by Crippen LogP contribution is 2.26. The zero-order valence-electron chi connectivity index (χ0n) is 17.8. The Balaban J connectivity index is 1.52. The second-order valence-corrected chi connectivity index (χ2v) is 8.56. The quantitative estimate of drug-likeness (QED) is 0.646. The van der Waals surface area contributed by atoms with Crippen LogP contribution in [0, 0.1) is 11.3 Å². The van der Waals surface area contributed by atoms with E-state index in [1.165, 1.54) is 15.8 Å². The van der Waals surface area contributed by atoms with Gasteiger partial charge in [-0.15, -0.1) is 0 Å². The number of carbonyl (C=O) groups excluding carboxylic acids is 1. The molecule has 0 unspecified atom stereocenters. The Hall–Kier alpha value is -3.21. The number of carbonyl (C=O) groups is 1. The molecule has 0 radical (unpaired) electrons. The largest absolute Gasteiger partial charge is 0.340 e. The number of piperidine rings is 1. The molecule has 1 saturated heterocycles. The number of aromatic nitrogens is 2. The average Bonchev–Trinajstić information content (AvgIpc) is 2.81. The van der Waals surface area contributed by atoms with Crippen molar-refractivity contribution in [2.45, 2.75) is 31.8 Å². The molecule has 8 heteroatoms. The third kappa shape index (κ3) is 4.67. The lowest BCUT2D eigenvalue weighted by Crippen LogP contribution is -2.33. The van der Waals surface area contributed by atoms with Crippen LogP contribution in [0.2, 0.25) is 5.02 Å². The Labute approximate surface area is 191 Å². The first-order chi connectivity index (χ1) is 15.5. The van der Waals surface area contributed by atoms with Gasteiger partial charge in [-0.25, -0.2) is 4.98 Å². The molecular formula is C24H24ClN5O2. The van der Waals surface area contributed by atoms with Crippen LogP contribution in [0.5, 0.6) is 0 Å². The molecule has 1 aliphatic rings. The van der Waals surface area contributed by atoms with E-state index in [0.717, 1.165) is 37.1 Å². The molecule has 3 aromatic rings. The van der Waals surface area contributed by atoms with Crippen LogP contribution in [-0.4, -0.2) is 40.5 Å². The number of rotatable bonds is 5. The zero-order valence-corrected chi connectivity index (χ0v) is 18.6. The first-order valence-corrected chi connectivity index (χ1v) is 11.0. The molecule has 1 N–H and O–H groups in total. The minimum absolute atomic E-state index is 0.0974. The van der Waals surface area contributed by atoms with Crippen LogP contribution in [0.1, 0.15) is 35.4 Å². The molecule has 0 saturated carbocycles. The van der Waals surface area contributed by atoms with Crippen LogP contribution in [0.15, 0.2) is 47.5 Å². The van der Waals surface area contributed by atoms with Crippen molar-refractivity contribution in [2.75, 3.05) is 20.1 Å². The maximum absolute atomic E-state index is 13.1. The van der Waals surface area contributed by atoms with E-state index in [9.17, 15) is 9.59 Å². The highest BCUT2D eigenvalue weighted by molar-refractivity contribution is 6.31. The lowest BCUT2D eigenvalue weighted by Gasteiger charge is -2.23. The third-order valence-corrected chi connectivity index (χ3v) is 6.28. The summed E-state index contributed by atoms with van der Waals surface area (Å²) in [5, 5.41) is 13.2. The second-order valence-electron chi connectivity index (χ2n) is 8.15. The maximum Gasteiger partial charge on any atom is 0.261 e. The zero-order chi connectivity index (χ0) is 22.7. The fourth-order valence-electron chi connectivity index (χ4n) is 4.07. The van der Waals surface area contributed by atoms with Crippen LogP contribution in [0.4, 0.5) is 0 Å². The van der Waals surface area contributed by atoms with Gasteiger partial charge in [0.1, 0.15) is 12.6 Å². The Bertz CT molecular complexity index is 1260. The molecule has 0 bridgehead atoms. The van der Waals surface area contributed by atoms with Gasteiger partial charge < -0.3 is 10.2 Å². The van der Waals surface area contributed by atoms with Crippen LogP contribution >= 0.6 is 11.6 Å². The monoisotopic (exact) mass is 449 g/mol. The van der Waals surface area contributed by atoms with Gasteiger partial charge in [-0.05, 0) is 67.2 Å². The SMILES string of the molecule is CN(Cc1ccc(C#N)c(Cl)c1)C(=O)Cn1cnc2ccc(C3CCNCC3)cc2c1=O. The van der Waals surface area contributed by atoms with E-state index in [-0.39, 0.29) is 18.0 Å². The van der Waals surface area contributed by atoms with E-state index in [1.807, 2.05) is 18.2 Å². The van der Waals surface area contributed by atoms with E-state index >= 15 is 0 Å². The summed E-state index contributed by atoms with van der Waals surface area (Å²) in [5.41, 5.74) is 2.77. The Morgan fingerprint density at radius 2 is 2.06 bits per heavy atom. The number of nitriles is 1. The summed E-state index contributed by atoms with van der Waals surface area (Å²) in [5.74, 6) is 0.212. The van der Waals surface area contributed by atoms with Crippen molar-refractivity contribution in [3.05, 3.63) is 74.8 Å². The minimum atomic E-state index is -0.219. The molecule has 2 aromatic carbocycles. The van der Waals surface area contributed by atoms with Crippen LogP contribution in [0.25, 0.3) is 10.9 Å². The maximum atomic E-state index is 13.1. The molecule has 0 atom stereocenters. The number of likely N-dealkylation sites (N-methyl/N-ethyl adjacent to an activating group) is 1. The molecular weight excluding hydrogens is 426 g/mol. The Morgan fingerprint density at radius 3 is 2.78 bits per heavy atom. The van der Waals surface area contributed by atoms with Gasteiger partial charge in [0, 0.05) is 13.6 Å². The van der Waals surface area contributed by atoms with Gasteiger partial charge in [0.05, 0.1) is 27.8 Å². The first-order valence-electron chi connectivity index (χ1n) is 10.6. The molecule has 0 aliphatic carbocycles. The van der Waals surface area contributed by atoms with Crippen molar-refractivity contribution in [1.29, 1.82) is 5.26 Å². The van der Waals surface area contributed by atoms with E-state index < -0.39 is 0 Å². The highest BCUT2D eigenvalue weighted by atomic mass is 35.5. The van der Waals surface area contributed by atoms with E-state index in [4.69, 9.17) is 16.9 Å². The van der Waals surface area contributed by atoms with Gasteiger partial charge in [-0.1, -0.05) is 23.7 Å². The number of fused-ring (bicyclic) bond motifs is 1. The van der Waals surface area contributed by atoms with E-state index in [0.29, 0.717) is 34.0 Å². The predicted octanol–water partition coefficient (Wildman–Crippen LogP) is 3.05. The number of hydrogen-bond donors (Lipinski definition) is 1. The summed E-state index contributed by atoms with van der Waals surface area (Å²) in [6.45, 7) is 2.18. The molecule has 2 heterocycles. The fraction of sp³-hybridized carbons (Fsp3) is 0.333. The molecule has 164 valence electrons. The smallest absolute Gasteiger partial charge is 0.261 e. The van der Waals surface area contributed by atoms with Crippen LogP contribution < -0.4 is 10.9 Å². The Kier molecular flexibility index (Phi) is 6.54. The lowest BCUT2D eigenvalue weighted by atomic mass is 9.89. The van der Waals surface area contributed by atoms with Gasteiger partial charge in [0.25, 0.3) is 5.56 Å². The predicted molar refractivity (Wildman–Crippen MR) is 123 cm³/mol. The molecule has 1 aromatic heterocycles. The number of nitrogens with zero attached hydrogens (tertiary/aromatic N) is 4. The second kappa shape index (κ2) is 9.51. The highest BCUT2D eigenvalue weighted by Gasteiger charge is 2.17. The van der Waals surface area contributed by atoms with Crippen molar-refractivity contribution in [1.82, 2.24) is 19.8 Å². The van der Waals surface area contributed by atoms with Gasteiger partial charge >= 0.3 is 0 Å². The molecule has 1 fully saturated rings. The van der Waals surface area contributed by atoms with Crippen molar-refractivity contribution in [2.24, 2.45) is 0 Å².